The lowest BCUT2D eigenvalue weighted by molar-refractivity contribution is -0.385. The normalized spacial score (nSPS) is 11.8. The van der Waals surface area contributed by atoms with Crippen molar-refractivity contribution in [1.29, 1.82) is 0 Å². The van der Waals surface area contributed by atoms with Crippen LogP contribution in [0.15, 0.2) is 18.2 Å². The van der Waals surface area contributed by atoms with Gasteiger partial charge in [0.2, 0.25) is 0 Å². The van der Waals surface area contributed by atoms with E-state index in [1.807, 2.05) is 13.8 Å². The fourth-order valence-electron chi connectivity index (χ4n) is 1.84. The molecule has 110 valence electrons. The molecule has 1 aromatic carbocycles. The number of carbonyl (C=O) groups excluding carboxylic acids is 1. The van der Waals surface area contributed by atoms with Crippen LogP contribution in [-0.4, -0.2) is 29.3 Å². The minimum absolute atomic E-state index is 0.0382. The fraction of sp³-hybridized carbons (Fsp3) is 0.462. The number of carbonyl (C=O) groups is 1. The van der Waals surface area contributed by atoms with Crippen molar-refractivity contribution in [2.45, 2.75) is 20.3 Å². The highest BCUT2D eigenvalue weighted by Gasteiger charge is 2.23. The van der Waals surface area contributed by atoms with E-state index in [0.717, 1.165) is 6.42 Å². The molecule has 0 saturated heterocycles. The Balaban J connectivity index is 3.09. The molecule has 0 aromatic heterocycles. The standard InChI is InChI=1S/C13H20N4O3/c1-4-9(2)8-16(3)13(18)11-7-10(15-14)5-6-12(11)17(19)20/h5-7,9,15H,4,8,14H2,1-3H3. The molecule has 1 amide bonds. The zero-order chi connectivity index (χ0) is 15.3. The SMILES string of the molecule is CCC(C)CN(C)C(=O)c1cc(NN)ccc1[N+](=O)[O-]. The van der Waals surface area contributed by atoms with Crippen LogP contribution in [0.25, 0.3) is 0 Å². The van der Waals surface area contributed by atoms with Crippen molar-refractivity contribution in [2.24, 2.45) is 11.8 Å². The second-order valence-electron chi connectivity index (χ2n) is 4.83. The Bertz CT molecular complexity index is 504. The van der Waals surface area contributed by atoms with Crippen molar-refractivity contribution in [3.8, 4) is 0 Å². The third kappa shape index (κ3) is 3.67. The average molecular weight is 280 g/mol. The number of nitro benzene ring substituents is 1. The molecule has 7 heteroatoms. The molecule has 0 fully saturated rings. The Kier molecular flexibility index (Phi) is 5.45. The highest BCUT2D eigenvalue weighted by atomic mass is 16.6. The first-order valence-corrected chi connectivity index (χ1v) is 6.41. The van der Waals surface area contributed by atoms with E-state index in [2.05, 4.69) is 5.43 Å². The van der Waals surface area contributed by atoms with Crippen LogP contribution in [0.5, 0.6) is 0 Å². The summed E-state index contributed by atoms with van der Waals surface area (Å²) in [6, 6.07) is 4.14. The van der Waals surface area contributed by atoms with Crippen molar-refractivity contribution in [1.82, 2.24) is 4.90 Å². The molecule has 1 rings (SSSR count). The molecular weight excluding hydrogens is 260 g/mol. The van der Waals surface area contributed by atoms with Crippen LogP contribution in [0.1, 0.15) is 30.6 Å². The predicted molar refractivity (Wildman–Crippen MR) is 77.3 cm³/mol. The Labute approximate surface area is 117 Å². The lowest BCUT2D eigenvalue weighted by Gasteiger charge is -2.21. The number of nitrogens with zero attached hydrogens (tertiary/aromatic N) is 2. The molecule has 0 radical (unpaired) electrons. The second-order valence-corrected chi connectivity index (χ2v) is 4.83. The summed E-state index contributed by atoms with van der Waals surface area (Å²) in [5, 5.41) is 11.0. The summed E-state index contributed by atoms with van der Waals surface area (Å²) in [5.41, 5.74) is 2.66. The topological polar surface area (TPSA) is 102 Å². The highest BCUT2D eigenvalue weighted by Crippen LogP contribution is 2.24. The summed E-state index contributed by atoms with van der Waals surface area (Å²) in [5.74, 6) is 5.23. The maximum absolute atomic E-state index is 12.3. The maximum atomic E-state index is 12.3. The molecule has 1 unspecified atom stereocenters. The van der Waals surface area contributed by atoms with E-state index >= 15 is 0 Å². The van der Waals surface area contributed by atoms with Gasteiger partial charge in [0.25, 0.3) is 11.6 Å². The monoisotopic (exact) mass is 280 g/mol. The predicted octanol–water partition coefficient (Wildman–Crippen LogP) is 2.00. The van der Waals surface area contributed by atoms with Crippen LogP contribution in [0.4, 0.5) is 11.4 Å². The minimum atomic E-state index is -0.565. The Morgan fingerprint density at radius 3 is 2.70 bits per heavy atom. The van der Waals surface area contributed by atoms with Crippen LogP contribution in [-0.2, 0) is 0 Å². The third-order valence-electron chi connectivity index (χ3n) is 3.22. The molecule has 20 heavy (non-hydrogen) atoms. The molecule has 0 saturated carbocycles. The average Bonchev–Trinajstić information content (AvgIpc) is 2.45. The number of benzene rings is 1. The molecule has 7 nitrogen and oxygen atoms in total. The van der Waals surface area contributed by atoms with Gasteiger partial charge in [0.05, 0.1) is 4.92 Å². The summed E-state index contributed by atoms with van der Waals surface area (Å²) >= 11 is 0. The number of anilines is 1. The van der Waals surface area contributed by atoms with E-state index in [9.17, 15) is 14.9 Å². The van der Waals surface area contributed by atoms with E-state index in [1.165, 1.54) is 23.1 Å². The summed E-state index contributed by atoms with van der Waals surface area (Å²) in [7, 11) is 1.64. The van der Waals surface area contributed by atoms with Gasteiger partial charge < -0.3 is 10.3 Å². The Morgan fingerprint density at radius 1 is 1.55 bits per heavy atom. The van der Waals surface area contributed by atoms with Gasteiger partial charge in [0.1, 0.15) is 5.56 Å². The van der Waals surface area contributed by atoms with Crippen molar-refractivity contribution >= 4 is 17.3 Å². The molecule has 0 bridgehead atoms. The van der Waals surface area contributed by atoms with Gasteiger partial charge in [0, 0.05) is 25.3 Å². The Hall–Kier alpha value is -2.15. The summed E-state index contributed by atoms with van der Waals surface area (Å²) in [6.07, 6.45) is 0.935. The highest BCUT2D eigenvalue weighted by molar-refractivity contribution is 5.99. The second kappa shape index (κ2) is 6.85. The Morgan fingerprint density at radius 2 is 2.20 bits per heavy atom. The molecule has 0 aliphatic heterocycles. The van der Waals surface area contributed by atoms with Crippen LogP contribution in [0.3, 0.4) is 0 Å². The van der Waals surface area contributed by atoms with E-state index in [-0.39, 0.29) is 17.2 Å². The molecule has 0 heterocycles. The van der Waals surface area contributed by atoms with E-state index in [1.54, 1.807) is 7.05 Å². The first-order valence-electron chi connectivity index (χ1n) is 6.41. The zero-order valence-corrected chi connectivity index (χ0v) is 11.9. The van der Waals surface area contributed by atoms with Gasteiger partial charge in [-0.05, 0) is 18.1 Å². The van der Waals surface area contributed by atoms with Crippen LogP contribution in [0, 0.1) is 16.0 Å². The molecule has 0 aliphatic rings. The number of rotatable bonds is 6. The number of amides is 1. The number of nitrogens with two attached hydrogens (primary N) is 1. The van der Waals surface area contributed by atoms with Gasteiger partial charge in [-0.2, -0.15) is 0 Å². The molecule has 0 aliphatic carbocycles. The summed E-state index contributed by atoms with van der Waals surface area (Å²) in [6.45, 7) is 4.60. The van der Waals surface area contributed by atoms with Gasteiger partial charge in [-0.1, -0.05) is 20.3 Å². The number of hydrogen-bond acceptors (Lipinski definition) is 5. The van der Waals surface area contributed by atoms with Crippen molar-refractivity contribution < 1.29 is 9.72 Å². The van der Waals surface area contributed by atoms with E-state index in [0.29, 0.717) is 18.2 Å². The van der Waals surface area contributed by atoms with E-state index < -0.39 is 4.92 Å². The summed E-state index contributed by atoms with van der Waals surface area (Å²) in [4.78, 5) is 24.3. The fourth-order valence-corrected chi connectivity index (χ4v) is 1.84. The largest absolute Gasteiger partial charge is 0.341 e. The smallest absolute Gasteiger partial charge is 0.282 e. The number of nitro groups is 1. The molecule has 3 N–H and O–H groups in total. The summed E-state index contributed by atoms with van der Waals surface area (Å²) < 4.78 is 0. The molecule has 0 spiro atoms. The van der Waals surface area contributed by atoms with Crippen LogP contribution >= 0.6 is 0 Å². The maximum Gasteiger partial charge on any atom is 0.282 e. The lowest BCUT2D eigenvalue weighted by Crippen LogP contribution is -2.31. The quantitative estimate of drug-likeness (QED) is 0.471. The zero-order valence-electron chi connectivity index (χ0n) is 11.9. The third-order valence-corrected chi connectivity index (χ3v) is 3.22. The lowest BCUT2D eigenvalue weighted by atomic mass is 10.1. The number of nitrogens with one attached hydrogen (secondary N) is 1. The van der Waals surface area contributed by atoms with Crippen LogP contribution in [0.2, 0.25) is 0 Å². The minimum Gasteiger partial charge on any atom is -0.341 e. The number of hydrazine groups is 1. The van der Waals surface area contributed by atoms with Gasteiger partial charge in [-0.25, -0.2) is 0 Å². The van der Waals surface area contributed by atoms with E-state index in [4.69, 9.17) is 5.84 Å². The van der Waals surface area contributed by atoms with Gasteiger partial charge in [-0.3, -0.25) is 20.8 Å². The van der Waals surface area contributed by atoms with Crippen molar-refractivity contribution in [3.05, 3.63) is 33.9 Å². The number of hydrogen-bond donors (Lipinski definition) is 2. The number of nitrogen functional groups attached to an aromatic ring is 1. The first-order chi connectivity index (χ1) is 9.40. The molecule has 1 aromatic rings. The van der Waals surface area contributed by atoms with Crippen molar-refractivity contribution in [3.63, 3.8) is 0 Å². The van der Waals surface area contributed by atoms with Crippen molar-refractivity contribution in [2.75, 3.05) is 19.0 Å². The first kappa shape index (κ1) is 15.9. The van der Waals surface area contributed by atoms with Gasteiger partial charge in [0.15, 0.2) is 0 Å². The molecule has 1 atom stereocenters. The molecular formula is C13H20N4O3. The van der Waals surface area contributed by atoms with Gasteiger partial charge >= 0.3 is 0 Å². The van der Waals surface area contributed by atoms with Crippen LogP contribution < -0.4 is 11.3 Å². The van der Waals surface area contributed by atoms with Gasteiger partial charge in [-0.15, -0.1) is 0 Å².